The Balaban J connectivity index is 1.28. The summed E-state index contributed by atoms with van der Waals surface area (Å²) < 4.78 is 1.79. The van der Waals surface area contributed by atoms with Crippen LogP contribution in [0.1, 0.15) is 25.3 Å². The number of nitrogens with zero attached hydrogens (tertiary/aromatic N) is 2. The summed E-state index contributed by atoms with van der Waals surface area (Å²) in [5.74, 6) is 0. The Morgan fingerprint density at radius 2 is 1.75 bits per heavy atom. The third-order valence-electron chi connectivity index (χ3n) is 6.56. The normalized spacial score (nSPS) is 15.4. The van der Waals surface area contributed by atoms with Crippen molar-refractivity contribution in [1.29, 1.82) is 0 Å². The highest BCUT2D eigenvalue weighted by Gasteiger charge is 2.20. The number of rotatable bonds is 5. The van der Waals surface area contributed by atoms with E-state index in [2.05, 4.69) is 52.7 Å². The molecule has 0 bridgehead atoms. The quantitative estimate of drug-likeness (QED) is 0.415. The Labute approximate surface area is 193 Å². The largest absolute Gasteiger partial charge is 0.382 e. The number of benzene rings is 3. The molecule has 4 aromatic rings. The molecule has 164 valence electrons. The van der Waals surface area contributed by atoms with Crippen LogP contribution in [0.2, 0.25) is 5.02 Å². The molecule has 0 saturated carbocycles. The second kappa shape index (κ2) is 8.97. The maximum Gasteiger partial charge on any atom is 0.253 e. The molecule has 0 atom stereocenters. The van der Waals surface area contributed by atoms with Gasteiger partial charge in [-0.1, -0.05) is 48.0 Å². The first-order valence-electron chi connectivity index (χ1n) is 11.4. The minimum Gasteiger partial charge on any atom is -0.382 e. The van der Waals surface area contributed by atoms with Crippen molar-refractivity contribution in [2.24, 2.45) is 0 Å². The van der Waals surface area contributed by atoms with E-state index >= 15 is 0 Å². The summed E-state index contributed by atoms with van der Waals surface area (Å²) in [5, 5.41) is 7.94. The van der Waals surface area contributed by atoms with E-state index in [1.807, 2.05) is 25.1 Å². The van der Waals surface area contributed by atoms with Gasteiger partial charge in [0.1, 0.15) is 0 Å². The topological polar surface area (TPSA) is 37.3 Å². The minimum absolute atomic E-state index is 0.0264. The van der Waals surface area contributed by atoms with Gasteiger partial charge >= 0.3 is 0 Å². The molecule has 32 heavy (non-hydrogen) atoms. The third-order valence-corrected chi connectivity index (χ3v) is 6.79. The lowest BCUT2D eigenvalue weighted by Gasteiger charge is -2.33. The van der Waals surface area contributed by atoms with E-state index in [0.29, 0.717) is 17.6 Å². The van der Waals surface area contributed by atoms with Crippen molar-refractivity contribution in [2.75, 3.05) is 18.4 Å². The standard InChI is InChI=1S/C27H28ClN3O/c1-2-31-26-10-9-22(28)16-24(26)25(17-27(31)32)29-23-11-13-30(14-12-23)18-19-7-8-20-5-3-4-6-21(20)15-19/h3-10,15-17,23,29H,2,11-14,18H2,1H3. The Bertz CT molecular complexity index is 1320. The summed E-state index contributed by atoms with van der Waals surface area (Å²) in [6.07, 6.45) is 2.10. The number of anilines is 1. The number of aryl methyl sites for hydroxylation is 1. The molecule has 0 unspecified atom stereocenters. The van der Waals surface area contributed by atoms with Gasteiger partial charge in [-0.05, 0) is 60.4 Å². The van der Waals surface area contributed by atoms with E-state index in [1.54, 1.807) is 10.6 Å². The second-order valence-corrected chi connectivity index (χ2v) is 9.11. The number of hydrogen-bond donors (Lipinski definition) is 1. The van der Waals surface area contributed by atoms with Crippen molar-refractivity contribution < 1.29 is 0 Å². The average molecular weight is 446 g/mol. The lowest BCUT2D eigenvalue weighted by atomic mass is 10.0. The van der Waals surface area contributed by atoms with Crippen molar-refractivity contribution in [3.63, 3.8) is 0 Å². The van der Waals surface area contributed by atoms with E-state index in [9.17, 15) is 4.79 Å². The number of nitrogens with one attached hydrogen (secondary N) is 1. The van der Waals surface area contributed by atoms with Crippen LogP contribution in [0.15, 0.2) is 71.5 Å². The van der Waals surface area contributed by atoms with Gasteiger partial charge in [0.2, 0.25) is 0 Å². The van der Waals surface area contributed by atoms with Crippen LogP contribution in [0.25, 0.3) is 21.7 Å². The van der Waals surface area contributed by atoms with Gasteiger partial charge in [-0.2, -0.15) is 0 Å². The van der Waals surface area contributed by atoms with Crippen molar-refractivity contribution in [3.05, 3.63) is 87.7 Å². The first-order chi connectivity index (χ1) is 15.6. The van der Waals surface area contributed by atoms with Gasteiger partial charge in [0.05, 0.1) is 5.52 Å². The number of likely N-dealkylation sites (tertiary alicyclic amines) is 1. The van der Waals surface area contributed by atoms with E-state index in [1.165, 1.54) is 16.3 Å². The van der Waals surface area contributed by atoms with Crippen LogP contribution in [0.5, 0.6) is 0 Å². The van der Waals surface area contributed by atoms with Crippen molar-refractivity contribution in [1.82, 2.24) is 9.47 Å². The summed E-state index contributed by atoms with van der Waals surface area (Å²) >= 11 is 6.28. The molecule has 0 radical (unpaired) electrons. The molecule has 1 saturated heterocycles. The third kappa shape index (κ3) is 4.25. The number of piperidine rings is 1. The zero-order chi connectivity index (χ0) is 22.1. The van der Waals surface area contributed by atoms with Crippen LogP contribution in [0.4, 0.5) is 5.69 Å². The highest BCUT2D eigenvalue weighted by atomic mass is 35.5. The number of fused-ring (bicyclic) bond motifs is 2. The predicted octanol–water partition coefficient (Wildman–Crippen LogP) is 5.90. The molecule has 0 aliphatic carbocycles. The number of hydrogen-bond acceptors (Lipinski definition) is 3. The van der Waals surface area contributed by atoms with Crippen molar-refractivity contribution in [2.45, 2.75) is 38.9 Å². The van der Waals surface area contributed by atoms with Crippen LogP contribution < -0.4 is 10.9 Å². The molecule has 1 aliphatic heterocycles. The van der Waals surface area contributed by atoms with Gasteiger partial charge in [0.25, 0.3) is 5.56 Å². The Hall–Kier alpha value is -2.82. The fourth-order valence-electron chi connectivity index (χ4n) is 4.85. The minimum atomic E-state index is 0.0264. The van der Waals surface area contributed by atoms with E-state index in [0.717, 1.165) is 49.1 Å². The summed E-state index contributed by atoms with van der Waals surface area (Å²) in [6, 6.07) is 23.1. The molecule has 1 aromatic heterocycles. The van der Waals surface area contributed by atoms with Gasteiger partial charge in [-0.3, -0.25) is 9.69 Å². The summed E-state index contributed by atoms with van der Waals surface area (Å²) in [4.78, 5) is 15.2. The first kappa shape index (κ1) is 21.0. The number of aromatic nitrogens is 1. The lowest BCUT2D eigenvalue weighted by Crippen LogP contribution is -2.39. The fraction of sp³-hybridized carbons (Fsp3) is 0.296. The van der Waals surface area contributed by atoms with Gasteiger partial charge in [-0.25, -0.2) is 0 Å². The molecule has 4 nitrogen and oxygen atoms in total. The molecule has 1 aliphatic rings. The Morgan fingerprint density at radius 3 is 2.53 bits per heavy atom. The molecular weight excluding hydrogens is 418 g/mol. The van der Waals surface area contributed by atoms with Crippen molar-refractivity contribution in [3.8, 4) is 0 Å². The monoisotopic (exact) mass is 445 g/mol. The summed E-state index contributed by atoms with van der Waals surface area (Å²) in [6.45, 7) is 5.69. The summed E-state index contributed by atoms with van der Waals surface area (Å²) in [7, 11) is 0. The molecular formula is C27H28ClN3O. The van der Waals surface area contributed by atoms with Gasteiger partial charge in [-0.15, -0.1) is 0 Å². The van der Waals surface area contributed by atoms with Gasteiger partial charge < -0.3 is 9.88 Å². The smallest absolute Gasteiger partial charge is 0.253 e. The molecule has 3 aromatic carbocycles. The highest BCUT2D eigenvalue weighted by molar-refractivity contribution is 6.31. The molecule has 0 spiro atoms. The van der Waals surface area contributed by atoms with Crippen LogP contribution in [-0.4, -0.2) is 28.6 Å². The summed E-state index contributed by atoms with van der Waals surface area (Å²) in [5.41, 5.74) is 3.21. The van der Waals surface area contributed by atoms with Crippen LogP contribution >= 0.6 is 11.6 Å². The average Bonchev–Trinajstić information content (AvgIpc) is 2.81. The van der Waals surface area contributed by atoms with Crippen LogP contribution in [-0.2, 0) is 13.1 Å². The van der Waals surface area contributed by atoms with Crippen molar-refractivity contribution >= 4 is 39.0 Å². The van der Waals surface area contributed by atoms with E-state index in [4.69, 9.17) is 11.6 Å². The molecule has 2 heterocycles. The molecule has 1 fully saturated rings. The van der Waals surface area contributed by atoms with E-state index in [-0.39, 0.29) is 5.56 Å². The van der Waals surface area contributed by atoms with Gasteiger partial charge in [0, 0.05) is 54.4 Å². The fourth-order valence-corrected chi connectivity index (χ4v) is 5.03. The molecule has 5 heteroatoms. The molecule has 1 N–H and O–H groups in total. The molecule has 0 amide bonds. The van der Waals surface area contributed by atoms with Crippen LogP contribution in [0, 0.1) is 0 Å². The maximum absolute atomic E-state index is 12.6. The Kier molecular flexibility index (Phi) is 5.90. The lowest BCUT2D eigenvalue weighted by molar-refractivity contribution is 0.211. The van der Waals surface area contributed by atoms with E-state index < -0.39 is 0 Å². The second-order valence-electron chi connectivity index (χ2n) is 8.68. The highest BCUT2D eigenvalue weighted by Crippen LogP contribution is 2.27. The SMILES string of the molecule is CCn1c(=O)cc(NC2CCN(Cc3ccc4ccccc4c3)CC2)c2cc(Cl)ccc21. The predicted molar refractivity (Wildman–Crippen MR) is 135 cm³/mol. The number of halogens is 1. The Morgan fingerprint density at radius 1 is 0.969 bits per heavy atom. The van der Waals surface area contributed by atoms with Gasteiger partial charge in [0.15, 0.2) is 0 Å². The van der Waals surface area contributed by atoms with Crippen LogP contribution in [0.3, 0.4) is 0 Å². The zero-order valence-electron chi connectivity index (χ0n) is 18.4. The zero-order valence-corrected chi connectivity index (χ0v) is 19.1. The first-order valence-corrected chi connectivity index (χ1v) is 11.8. The molecule has 5 rings (SSSR count). The number of pyridine rings is 1. The maximum atomic E-state index is 12.6.